The number of carbonyl (C=O) groups is 3. The number of hydrogen-bond donors (Lipinski definition) is 1. The SMILES string of the molecule is Cc1ccc(N(CC(=O)O)[C@H]2SC(=O)N(c3cccc(C)c3)C2=O)cc1. The molecule has 6 nitrogen and oxygen atoms in total. The molecule has 26 heavy (non-hydrogen) atoms. The van der Waals surface area contributed by atoms with E-state index in [0.29, 0.717) is 11.4 Å². The molecule has 1 aliphatic heterocycles. The first-order valence-electron chi connectivity index (χ1n) is 8.03. The van der Waals surface area contributed by atoms with Crippen LogP contribution in [0.4, 0.5) is 16.2 Å². The molecular formula is C19H18N2O4S. The zero-order valence-electron chi connectivity index (χ0n) is 14.4. The number of thioether (sulfide) groups is 1. The molecule has 2 amide bonds. The summed E-state index contributed by atoms with van der Waals surface area (Å²) in [7, 11) is 0. The number of imide groups is 1. The maximum atomic E-state index is 12.9. The van der Waals surface area contributed by atoms with E-state index in [9.17, 15) is 19.5 Å². The Morgan fingerprint density at radius 3 is 2.42 bits per heavy atom. The van der Waals surface area contributed by atoms with Crippen LogP contribution in [0.5, 0.6) is 0 Å². The van der Waals surface area contributed by atoms with Gasteiger partial charge in [-0.05, 0) is 55.4 Å². The standard InChI is InChI=1S/C19H18N2O4S/c1-12-6-8-14(9-7-12)20(11-16(22)23)18-17(24)21(19(25)26-18)15-5-3-4-13(2)10-15/h3-10,18H,11H2,1-2H3,(H,22,23)/t18-/m0/s1. The number of benzene rings is 2. The highest BCUT2D eigenvalue weighted by atomic mass is 32.2. The molecule has 0 aromatic heterocycles. The van der Waals surface area contributed by atoms with E-state index in [1.807, 2.05) is 32.0 Å². The number of aliphatic carboxylic acids is 1. The van der Waals surface area contributed by atoms with E-state index in [1.54, 1.807) is 30.3 Å². The fraction of sp³-hybridized carbons (Fsp3) is 0.211. The summed E-state index contributed by atoms with van der Waals surface area (Å²) in [6.07, 6.45) is 0. The molecule has 0 saturated carbocycles. The third kappa shape index (κ3) is 3.57. The van der Waals surface area contributed by atoms with Crippen LogP contribution in [0, 0.1) is 13.8 Å². The fourth-order valence-corrected chi connectivity index (χ4v) is 3.81. The second-order valence-electron chi connectivity index (χ2n) is 6.11. The first-order chi connectivity index (χ1) is 12.4. The van der Waals surface area contributed by atoms with E-state index in [0.717, 1.165) is 27.8 Å². The van der Waals surface area contributed by atoms with Gasteiger partial charge in [0.05, 0.1) is 5.69 Å². The largest absolute Gasteiger partial charge is 0.480 e. The molecule has 2 aromatic rings. The zero-order chi connectivity index (χ0) is 18.8. The minimum Gasteiger partial charge on any atom is -0.480 e. The molecule has 0 bridgehead atoms. The lowest BCUT2D eigenvalue weighted by Gasteiger charge is -2.27. The fourth-order valence-electron chi connectivity index (χ4n) is 2.79. The Balaban J connectivity index is 1.95. The van der Waals surface area contributed by atoms with Crippen molar-refractivity contribution in [2.75, 3.05) is 16.3 Å². The van der Waals surface area contributed by atoms with Gasteiger partial charge >= 0.3 is 5.97 Å². The van der Waals surface area contributed by atoms with Crippen LogP contribution in [0.25, 0.3) is 0 Å². The summed E-state index contributed by atoms with van der Waals surface area (Å²) >= 11 is 0.832. The van der Waals surface area contributed by atoms with Crippen LogP contribution < -0.4 is 9.80 Å². The van der Waals surface area contributed by atoms with Crippen molar-refractivity contribution in [2.24, 2.45) is 0 Å². The second kappa shape index (κ2) is 7.21. The van der Waals surface area contributed by atoms with Gasteiger partial charge in [-0.1, -0.05) is 29.8 Å². The summed E-state index contributed by atoms with van der Waals surface area (Å²) in [5.41, 5.74) is 3.03. The van der Waals surface area contributed by atoms with Crippen LogP contribution in [0.1, 0.15) is 11.1 Å². The minimum atomic E-state index is -1.07. The van der Waals surface area contributed by atoms with E-state index in [2.05, 4.69) is 0 Å². The van der Waals surface area contributed by atoms with Gasteiger partial charge in [-0.25, -0.2) is 4.90 Å². The Kier molecular flexibility index (Phi) is 4.99. The van der Waals surface area contributed by atoms with Gasteiger partial charge < -0.3 is 10.0 Å². The number of anilines is 2. The lowest BCUT2D eigenvalue weighted by atomic mass is 10.2. The Hall–Kier alpha value is -2.80. The van der Waals surface area contributed by atoms with Crippen molar-refractivity contribution in [2.45, 2.75) is 19.2 Å². The molecule has 0 radical (unpaired) electrons. The molecule has 1 N–H and O–H groups in total. The van der Waals surface area contributed by atoms with E-state index in [-0.39, 0.29) is 6.54 Å². The van der Waals surface area contributed by atoms with E-state index in [4.69, 9.17) is 0 Å². The topological polar surface area (TPSA) is 77.9 Å². The highest BCUT2D eigenvalue weighted by molar-refractivity contribution is 8.16. The normalized spacial score (nSPS) is 16.8. The van der Waals surface area contributed by atoms with Crippen molar-refractivity contribution < 1.29 is 19.5 Å². The van der Waals surface area contributed by atoms with Gasteiger partial charge in [0.1, 0.15) is 6.54 Å². The molecule has 1 aliphatic rings. The molecule has 3 rings (SSSR count). The van der Waals surface area contributed by atoms with Gasteiger partial charge in [0.2, 0.25) is 0 Å². The van der Waals surface area contributed by atoms with Gasteiger partial charge in [-0.3, -0.25) is 14.4 Å². The number of carboxylic acids is 1. The van der Waals surface area contributed by atoms with Crippen LogP contribution in [0.3, 0.4) is 0 Å². The van der Waals surface area contributed by atoms with E-state index >= 15 is 0 Å². The number of aryl methyl sites for hydroxylation is 2. The summed E-state index contributed by atoms with van der Waals surface area (Å²) in [6.45, 7) is 3.42. The summed E-state index contributed by atoms with van der Waals surface area (Å²) in [6, 6.07) is 14.3. The highest BCUT2D eigenvalue weighted by Gasteiger charge is 2.44. The van der Waals surface area contributed by atoms with Crippen LogP contribution in [-0.4, -0.2) is 34.1 Å². The molecule has 134 valence electrons. The third-order valence-corrected chi connectivity index (χ3v) is 5.10. The molecule has 1 heterocycles. The molecule has 7 heteroatoms. The molecular weight excluding hydrogens is 352 g/mol. The molecule has 2 aromatic carbocycles. The van der Waals surface area contributed by atoms with Gasteiger partial charge in [0, 0.05) is 5.69 Å². The molecule has 1 saturated heterocycles. The van der Waals surface area contributed by atoms with Crippen molar-refractivity contribution in [1.29, 1.82) is 0 Å². The minimum absolute atomic E-state index is 0.374. The Bertz CT molecular complexity index is 866. The predicted molar refractivity (Wildman–Crippen MR) is 102 cm³/mol. The maximum Gasteiger partial charge on any atom is 0.323 e. The predicted octanol–water partition coefficient (Wildman–Crippen LogP) is 3.42. The second-order valence-corrected chi connectivity index (χ2v) is 7.14. The number of hydrogen-bond acceptors (Lipinski definition) is 5. The Morgan fingerprint density at radius 1 is 1.12 bits per heavy atom. The monoisotopic (exact) mass is 370 g/mol. The Labute approximate surface area is 155 Å². The van der Waals surface area contributed by atoms with E-state index < -0.39 is 22.5 Å². The summed E-state index contributed by atoms with van der Waals surface area (Å²) in [5.74, 6) is -1.51. The summed E-state index contributed by atoms with van der Waals surface area (Å²) < 4.78 is 0. The Morgan fingerprint density at radius 2 is 1.81 bits per heavy atom. The van der Waals surface area contributed by atoms with Crippen molar-refractivity contribution >= 4 is 40.3 Å². The average molecular weight is 370 g/mol. The third-order valence-electron chi connectivity index (χ3n) is 4.04. The molecule has 0 unspecified atom stereocenters. The van der Waals surface area contributed by atoms with Gasteiger partial charge in [-0.2, -0.15) is 0 Å². The number of amides is 2. The average Bonchev–Trinajstić information content (AvgIpc) is 2.88. The number of nitrogens with zero attached hydrogens (tertiary/aromatic N) is 2. The number of carboxylic acid groups (broad SMARTS) is 1. The summed E-state index contributed by atoms with van der Waals surface area (Å²) in [5, 5.41) is 7.95. The van der Waals surface area contributed by atoms with Crippen LogP contribution in [0.15, 0.2) is 48.5 Å². The molecule has 1 fully saturated rings. The van der Waals surface area contributed by atoms with Crippen LogP contribution in [0.2, 0.25) is 0 Å². The van der Waals surface area contributed by atoms with Gasteiger partial charge in [-0.15, -0.1) is 0 Å². The van der Waals surface area contributed by atoms with Gasteiger partial charge in [0.15, 0.2) is 5.37 Å². The first kappa shape index (κ1) is 18.0. The van der Waals surface area contributed by atoms with Crippen molar-refractivity contribution in [1.82, 2.24) is 0 Å². The smallest absolute Gasteiger partial charge is 0.323 e. The van der Waals surface area contributed by atoms with Crippen molar-refractivity contribution in [3.8, 4) is 0 Å². The van der Waals surface area contributed by atoms with E-state index in [1.165, 1.54) is 4.90 Å². The molecule has 0 aliphatic carbocycles. The van der Waals surface area contributed by atoms with Crippen LogP contribution >= 0.6 is 11.8 Å². The lowest BCUT2D eigenvalue weighted by molar-refractivity contribution is -0.135. The number of carbonyl (C=O) groups excluding carboxylic acids is 2. The first-order valence-corrected chi connectivity index (χ1v) is 8.91. The molecule has 0 spiro atoms. The highest BCUT2D eigenvalue weighted by Crippen LogP contribution is 2.36. The van der Waals surface area contributed by atoms with Gasteiger partial charge in [0.25, 0.3) is 11.1 Å². The summed E-state index contributed by atoms with van der Waals surface area (Å²) in [4.78, 5) is 39.3. The van der Waals surface area contributed by atoms with Crippen LogP contribution in [-0.2, 0) is 9.59 Å². The quantitative estimate of drug-likeness (QED) is 0.869. The van der Waals surface area contributed by atoms with Crippen molar-refractivity contribution in [3.63, 3.8) is 0 Å². The number of rotatable bonds is 5. The maximum absolute atomic E-state index is 12.9. The lowest BCUT2D eigenvalue weighted by Crippen LogP contribution is -2.44. The van der Waals surface area contributed by atoms with Crippen molar-refractivity contribution in [3.05, 3.63) is 59.7 Å². The molecule has 1 atom stereocenters. The zero-order valence-corrected chi connectivity index (χ0v) is 15.2.